The Balaban J connectivity index is 3.77. The molecule has 0 rings (SSSR count). The van der Waals surface area contributed by atoms with Gasteiger partial charge in [0.2, 0.25) is 5.91 Å². The van der Waals surface area contributed by atoms with Gasteiger partial charge < -0.3 is 10.1 Å². The Kier molecular flexibility index (Phi) is 5.29. The third kappa shape index (κ3) is 8.43. The molecule has 0 fully saturated rings. The Morgan fingerprint density at radius 1 is 1.20 bits per heavy atom. The van der Waals surface area contributed by atoms with Gasteiger partial charge in [-0.05, 0) is 32.6 Å². The summed E-state index contributed by atoms with van der Waals surface area (Å²) >= 11 is 0. The summed E-state index contributed by atoms with van der Waals surface area (Å²) < 4.78 is 5.38. The summed E-state index contributed by atoms with van der Waals surface area (Å²) in [6, 6.07) is 0. The molecule has 3 heteroatoms. The van der Waals surface area contributed by atoms with Gasteiger partial charge in [0.15, 0.2) is 0 Å². The minimum Gasteiger partial charge on any atom is -0.366 e. The first-order valence-electron chi connectivity index (χ1n) is 5.57. The molecule has 0 aromatic rings. The molecule has 90 valence electrons. The Labute approximate surface area is 93.6 Å². The van der Waals surface area contributed by atoms with E-state index in [1.807, 2.05) is 20.8 Å². The molecule has 0 unspecified atom stereocenters. The second kappa shape index (κ2) is 5.50. The lowest BCUT2D eigenvalue weighted by molar-refractivity contribution is -0.130. The van der Waals surface area contributed by atoms with Crippen LogP contribution in [0.2, 0.25) is 0 Å². The maximum absolute atomic E-state index is 11.4. The van der Waals surface area contributed by atoms with Crippen molar-refractivity contribution in [3.63, 3.8) is 0 Å². The monoisotopic (exact) mass is 215 g/mol. The first-order chi connectivity index (χ1) is 6.66. The van der Waals surface area contributed by atoms with Crippen molar-refractivity contribution in [1.82, 2.24) is 5.32 Å². The van der Waals surface area contributed by atoms with Crippen LogP contribution in [0, 0.1) is 5.41 Å². The van der Waals surface area contributed by atoms with Gasteiger partial charge in [0.05, 0.1) is 5.60 Å². The Hall–Kier alpha value is -0.570. The number of hydrogen-bond acceptors (Lipinski definition) is 2. The summed E-state index contributed by atoms with van der Waals surface area (Å²) in [6.45, 7) is 13.1. The molecule has 0 bridgehead atoms. The van der Waals surface area contributed by atoms with E-state index in [4.69, 9.17) is 4.74 Å². The molecule has 0 saturated carbocycles. The van der Waals surface area contributed by atoms with E-state index < -0.39 is 0 Å². The number of ether oxygens (including phenoxy) is 1. The van der Waals surface area contributed by atoms with Crippen molar-refractivity contribution in [3.05, 3.63) is 0 Å². The highest BCUT2D eigenvalue weighted by Gasteiger charge is 2.17. The van der Waals surface area contributed by atoms with E-state index in [0.717, 1.165) is 6.42 Å². The van der Waals surface area contributed by atoms with Crippen molar-refractivity contribution < 1.29 is 9.53 Å². The SMILES string of the molecule is CCC(C)(C)CNC(=O)COC(C)(C)C. The van der Waals surface area contributed by atoms with Gasteiger partial charge in [-0.15, -0.1) is 0 Å². The number of carbonyl (C=O) groups is 1. The summed E-state index contributed by atoms with van der Waals surface area (Å²) in [5.74, 6) is -0.0357. The predicted molar refractivity (Wildman–Crippen MR) is 62.8 cm³/mol. The van der Waals surface area contributed by atoms with Crippen LogP contribution in [0.3, 0.4) is 0 Å². The highest BCUT2D eigenvalue weighted by Crippen LogP contribution is 2.17. The van der Waals surface area contributed by atoms with Gasteiger partial charge in [-0.25, -0.2) is 0 Å². The molecular formula is C12H25NO2. The van der Waals surface area contributed by atoms with E-state index >= 15 is 0 Å². The summed E-state index contributed by atoms with van der Waals surface area (Å²) in [5.41, 5.74) is -0.0883. The Bertz CT molecular complexity index is 204. The van der Waals surface area contributed by atoms with Crippen molar-refractivity contribution in [3.8, 4) is 0 Å². The Morgan fingerprint density at radius 2 is 1.73 bits per heavy atom. The lowest BCUT2D eigenvalue weighted by Gasteiger charge is -2.24. The summed E-state index contributed by atoms with van der Waals surface area (Å²) in [7, 11) is 0. The van der Waals surface area contributed by atoms with Gasteiger partial charge in [0.25, 0.3) is 0 Å². The summed E-state index contributed by atoms with van der Waals surface area (Å²) in [6.07, 6.45) is 1.05. The zero-order valence-corrected chi connectivity index (χ0v) is 10.9. The molecule has 3 nitrogen and oxygen atoms in total. The molecular weight excluding hydrogens is 190 g/mol. The smallest absolute Gasteiger partial charge is 0.246 e. The highest BCUT2D eigenvalue weighted by atomic mass is 16.5. The molecule has 0 aromatic heterocycles. The van der Waals surface area contributed by atoms with Crippen molar-refractivity contribution in [2.24, 2.45) is 5.41 Å². The number of amides is 1. The Morgan fingerprint density at radius 3 is 2.13 bits per heavy atom. The van der Waals surface area contributed by atoms with Crippen LogP contribution in [0.4, 0.5) is 0 Å². The summed E-state index contributed by atoms with van der Waals surface area (Å²) in [5, 5.41) is 2.88. The standard InChI is InChI=1S/C12H25NO2/c1-7-12(5,6)9-13-10(14)8-15-11(2,3)4/h7-9H2,1-6H3,(H,13,14). The third-order valence-electron chi connectivity index (χ3n) is 2.36. The van der Waals surface area contributed by atoms with Crippen molar-refractivity contribution in [2.45, 2.75) is 53.6 Å². The van der Waals surface area contributed by atoms with Crippen LogP contribution < -0.4 is 5.32 Å². The van der Waals surface area contributed by atoms with E-state index in [1.54, 1.807) is 0 Å². The minimum atomic E-state index is -0.252. The van der Waals surface area contributed by atoms with E-state index in [-0.39, 0.29) is 23.5 Å². The maximum atomic E-state index is 11.4. The molecule has 0 aliphatic carbocycles. The molecule has 0 saturated heterocycles. The predicted octanol–water partition coefficient (Wildman–Crippen LogP) is 2.35. The third-order valence-corrected chi connectivity index (χ3v) is 2.36. The van der Waals surface area contributed by atoms with E-state index in [0.29, 0.717) is 6.54 Å². The van der Waals surface area contributed by atoms with Crippen molar-refractivity contribution in [2.75, 3.05) is 13.2 Å². The fraction of sp³-hybridized carbons (Fsp3) is 0.917. The molecule has 1 amide bonds. The largest absolute Gasteiger partial charge is 0.366 e. The van der Waals surface area contributed by atoms with Gasteiger partial charge in [-0.2, -0.15) is 0 Å². The number of rotatable bonds is 5. The van der Waals surface area contributed by atoms with Crippen LogP contribution in [0.1, 0.15) is 48.0 Å². The van der Waals surface area contributed by atoms with Crippen LogP contribution in [0.15, 0.2) is 0 Å². The summed E-state index contributed by atoms with van der Waals surface area (Å²) in [4.78, 5) is 11.4. The highest BCUT2D eigenvalue weighted by molar-refractivity contribution is 5.77. The zero-order valence-electron chi connectivity index (χ0n) is 10.9. The molecule has 0 spiro atoms. The normalized spacial score (nSPS) is 12.7. The molecule has 0 radical (unpaired) electrons. The lowest BCUT2D eigenvalue weighted by atomic mass is 9.90. The average Bonchev–Trinajstić information content (AvgIpc) is 2.10. The van der Waals surface area contributed by atoms with Gasteiger partial charge >= 0.3 is 0 Å². The van der Waals surface area contributed by atoms with Crippen LogP contribution in [-0.2, 0) is 9.53 Å². The molecule has 0 aliphatic rings. The van der Waals surface area contributed by atoms with Crippen molar-refractivity contribution >= 4 is 5.91 Å². The fourth-order valence-corrected chi connectivity index (χ4v) is 0.796. The molecule has 0 aliphatic heterocycles. The van der Waals surface area contributed by atoms with Crippen molar-refractivity contribution in [1.29, 1.82) is 0 Å². The average molecular weight is 215 g/mol. The van der Waals surface area contributed by atoms with E-state index in [1.165, 1.54) is 0 Å². The number of carbonyl (C=O) groups excluding carboxylic acids is 1. The fourth-order valence-electron chi connectivity index (χ4n) is 0.796. The molecule has 15 heavy (non-hydrogen) atoms. The van der Waals surface area contributed by atoms with Crippen LogP contribution in [0.25, 0.3) is 0 Å². The number of hydrogen-bond donors (Lipinski definition) is 1. The van der Waals surface area contributed by atoms with Gasteiger partial charge in [-0.1, -0.05) is 20.8 Å². The molecule has 0 atom stereocenters. The quantitative estimate of drug-likeness (QED) is 0.764. The maximum Gasteiger partial charge on any atom is 0.246 e. The van der Waals surface area contributed by atoms with Gasteiger partial charge in [0, 0.05) is 6.54 Å². The number of nitrogens with one attached hydrogen (secondary N) is 1. The molecule has 0 aromatic carbocycles. The topological polar surface area (TPSA) is 38.3 Å². The van der Waals surface area contributed by atoms with E-state index in [2.05, 4.69) is 26.1 Å². The first-order valence-corrected chi connectivity index (χ1v) is 5.57. The second-order valence-corrected chi connectivity index (χ2v) is 5.70. The molecule has 0 heterocycles. The minimum absolute atomic E-state index is 0.0357. The lowest BCUT2D eigenvalue weighted by Crippen LogP contribution is -2.37. The second-order valence-electron chi connectivity index (χ2n) is 5.70. The van der Waals surface area contributed by atoms with Crippen LogP contribution >= 0.6 is 0 Å². The zero-order chi connectivity index (χ0) is 12.1. The first kappa shape index (κ1) is 14.4. The molecule has 1 N–H and O–H groups in total. The van der Waals surface area contributed by atoms with Crippen LogP contribution in [-0.4, -0.2) is 24.7 Å². The van der Waals surface area contributed by atoms with Gasteiger partial charge in [-0.3, -0.25) is 4.79 Å². The van der Waals surface area contributed by atoms with Gasteiger partial charge in [0.1, 0.15) is 6.61 Å². The van der Waals surface area contributed by atoms with Crippen LogP contribution in [0.5, 0.6) is 0 Å². The van der Waals surface area contributed by atoms with E-state index in [9.17, 15) is 4.79 Å².